The van der Waals surface area contributed by atoms with E-state index in [0.29, 0.717) is 11.9 Å². The second kappa shape index (κ2) is 5.97. The van der Waals surface area contributed by atoms with Crippen molar-refractivity contribution in [3.8, 4) is 0 Å². The third-order valence-electron chi connectivity index (χ3n) is 3.72. The van der Waals surface area contributed by atoms with Gasteiger partial charge >= 0.3 is 5.97 Å². The van der Waals surface area contributed by atoms with Crippen LogP contribution in [0, 0.1) is 0 Å². The summed E-state index contributed by atoms with van der Waals surface area (Å²) in [4.78, 5) is 15.6. The molecule has 1 N–H and O–H groups in total. The van der Waals surface area contributed by atoms with Gasteiger partial charge in [-0.25, -0.2) is 4.79 Å². The minimum Gasteiger partial charge on any atom is -0.478 e. The van der Waals surface area contributed by atoms with Gasteiger partial charge in [-0.05, 0) is 25.6 Å². The van der Waals surface area contributed by atoms with E-state index in [-0.39, 0.29) is 5.56 Å². The van der Waals surface area contributed by atoms with Crippen LogP contribution in [-0.4, -0.2) is 58.4 Å². The first-order valence-corrected chi connectivity index (χ1v) is 6.71. The molecule has 1 aromatic heterocycles. The summed E-state index contributed by atoms with van der Waals surface area (Å²) >= 11 is 0. The molecular formula is C13H20N4O2. The zero-order valence-electron chi connectivity index (χ0n) is 11.4. The quantitative estimate of drug-likeness (QED) is 0.858. The number of likely N-dealkylation sites (N-methyl/N-ethyl adjacent to an activating group) is 1. The monoisotopic (exact) mass is 264 g/mol. The summed E-state index contributed by atoms with van der Waals surface area (Å²) in [6.45, 7) is 7.98. The van der Waals surface area contributed by atoms with E-state index in [2.05, 4.69) is 28.9 Å². The second-order valence-electron chi connectivity index (χ2n) is 4.68. The van der Waals surface area contributed by atoms with Crippen molar-refractivity contribution >= 4 is 11.8 Å². The zero-order chi connectivity index (χ0) is 13.8. The maximum atomic E-state index is 11.2. The number of carboxylic acids is 1. The lowest BCUT2D eigenvalue weighted by molar-refractivity contribution is 0.0697. The molecule has 6 heteroatoms. The van der Waals surface area contributed by atoms with Crippen molar-refractivity contribution in [1.29, 1.82) is 0 Å². The van der Waals surface area contributed by atoms with Crippen molar-refractivity contribution in [3.63, 3.8) is 0 Å². The van der Waals surface area contributed by atoms with Crippen LogP contribution < -0.4 is 4.90 Å². The first-order valence-electron chi connectivity index (χ1n) is 6.71. The molecule has 0 amide bonds. The molecule has 1 fully saturated rings. The number of aromatic nitrogens is 2. The van der Waals surface area contributed by atoms with Crippen molar-refractivity contribution in [1.82, 2.24) is 15.1 Å². The summed E-state index contributed by atoms with van der Waals surface area (Å²) < 4.78 is 0. The van der Waals surface area contributed by atoms with Crippen molar-refractivity contribution in [2.45, 2.75) is 26.3 Å². The van der Waals surface area contributed by atoms with Gasteiger partial charge in [-0.15, -0.1) is 5.10 Å². The fourth-order valence-electron chi connectivity index (χ4n) is 2.70. The molecule has 2 heterocycles. The minimum atomic E-state index is -0.948. The van der Waals surface area contributed by atoms with Crippen LogP contribution in [0.3, 0.4) is 0 Å². The predicted molar refractivity (Wildman–Crippen MR) is 72.5 cm³/mol. The second-order valence-corrected chi connectivity index (χ2v) is 4.68. The molecule has 1 saturated heterocycles. The summed E-state index contributed by atoms with van der Waals surface area (Å²) in [5.41, 5.74) is 0.232. The van der Waals surface area contributed by atoms with Crippen LogP contribution in [0.4, 0.5) is 5.82 Å². The van der Waals surface area contributed by atoms with E-state index in [0.717, 1.165) is 32.6 Å². The summed E-state index contributed by atoms with van der Waals surface area (Å²) in [5.74, 6) is -0.458. The molecule has 104 valence electrons. The van der Waals surface area contributed by atoms with E-state index in [1.807, 2.05) is 4.90 Å². The molecule has 0 spiro atoms. The van der Waals surface area contributed by atoms with Crippen molar-refractivity contribution in [2.75, 3.05) is 31.1 Å². The highest BCUT2D eigenvalue weighted by molar-refractivity contribution is 5.93. The first kappa shape index (κ1) is 13.7. The number of nitrogens with zero attached hydrogens (tertiary/aromatic N) is 4. The lowest BCUT2D eigenvalue weighted by Crippen LogP contribution is -2.37. The van der Waals surface area contributed by atoms with Crippen LogP contribution in [0.25, 0.3) is 0 Å². The number of carbonyl (C=O) groups is 1. The maximum Gasteiger partial charge on any atom is 0.339 e. The van der Waals surface area contributed by atoms with Gasteiger partial charge in [0.25, 0.3) is 0 Å². The van der Waals surface area contributed by atoms with Crippen LogP contribution in [0.15, 0.2) is 12.3 Å². The van der Waals surface area contributed by atoms with E-state index >= 15 is 0 Å². The highest BCUT2D eigenvalue weighted by atomic mass is 16.4. The predicted octanol–water partition coefficient (Wildman–Crippen LogP) is 1.10. The maximum absolute atomic E-state index is 11.2. The number of rotatable bonds is 5. The molecule has 0 saturated carbocycles. The summed E-state index contributed by atoms with van der Waals surface area (Å²) in [6, 6.07) is 1.98. The Labute approximate surface area is 113 Å². The largest absolute Gasteiger partial charge is 0.478 e. The van der Waals surface area contributed by atoms with E-state index in [1.54, 1.807) is 0 Å². The van der Waals surface area contributed by atoms with Gasteiger partial charge in [0.05, 0.1) is 6.20 Å². The van der Waals surface area contributed by atoms with E-state index in [9.17, 15) is 9.90 Å². The van der Waals surface area contributed by atoms with Crippen molar-refractivity contribution < 1.29 is 9.90 Å². The van der Waals surface area contributed by atoms with Gasteiger partial charge in [-0.1, -0.05) is 13.8 Å². The normalized spacial score (nSPS) is 19.1. The molecule has 0 bridgehead atoms. The first-order chi connectivity index (χ1) is 9.17. The Morgan fingerprint density at radius 1 is 1.53 bits per heavy atom. The van der Waals surface area contributed by atoms with Crippen LogP contribution in [0.5, 0.6) is 0 Å². The molecule has 2 rings (SSSR count). The molecule has 1 aromatic rings. The van der Waals surface area contributed by atoms with Gasteiger partial charge in [-0.2, -0.15) is 5.10 Å². The van der Waals surface area contributed by atoms with Crippen LogP contribution in [0.2, 0.25) is 0 Å². The molecule has 1 aliphatic rings. The smallest absolute Gasteiger partial charge is 0.339 e. The zero-order valence-corrected chi connectivity index (χ0v) is 11.4. The Balaban J connectivity index is 2.15. The van der Waals surface area contributed by atoms with Gasteiger partial charge in [0.2, 0.25) is 0 Å². The molecule has 19 heavy (non-hydrogen) atoms. The van der Waals surface area contributed by atoms with Crippen molar-refractivity contribution in [3.05, 3.63) is 17.8 Å². The third kappa shape index (κ3) is 2.84. The number of carboxylic acid groups (broad SMARTS) is 1. The van der Waals surface area contributed by atoms with E-state index in [4.69, 9.17) is 0 Å². The molecule has 0 radical (unpaired) electrons. The average Bonchev–Trinajstić information content (AvgIpc) is 2.89. The summed E-state index contributed by atoms with van der Waals surface area (Å²) in [7, 11) is 0. The topological polar surface area (TPSA) is 69.6 Å². The third-order valence-corrected chi connectivity index (χ3v) is 3.72. The molecule has 0 aliphatic carbocycles. The highest BCUT2D eigenvalue weighted by Gasteiger charge is 2.29. The lowest BCUT2D eigenvalue weighted by Gasteiger charge is -2.26. The van der Waals surface area contributed by atoms with Gasteiger partial charge in [-0.3, -0.25) is 4.90 Å². The minimum absolute atomic E-state index is 0.232. The number of aromatic carboxylic acids is 1. The standard InChI is InChI=1S/C13H20N4O2/c1-3-16(4-2)10-6-8-17(9-10)12-11(13(18)19)5-7-14-15-12/h5,7,10H,3-4,6,8-9H2,1-2H3,(H,18,19). The highest BCUT2D eigenvalue weighted by Crippen LogP contribution is 2.23. The van der Waals surface area contributed by atoms with Gasteiger partial charge in [0.1, 0.15) is 5.56 Å². The summed E-state index contributed by atoms with van der Waals surface area (Å²) in [6.07, 6.45) is 2.46. The van der Waals surface area contributed by atoms with Crippen LogP contribution >= 0.6 is 0 Å². The Morgan fingerprint density at radius 2 is 2.26 bits per heavy atom. The van der Waals surface area contributed by atoms with Gasteiger partial charge < -0.3 is 10.0 Å². The Hall–Kier alpha value is -1.69. The lowest BCUT2D eigenvalue weighted by atomic mass is 10.2. The SMILES string of the molecule is CCN(CC)C1CCN(c2nnccc2C(=O)O)C1. The molecule has 1 aliphatic heterocycles. The Morgan fingerprint density at radius 3 is 2.89 bits per heavy atom. The molecule has 6 nitrogen and oxygen atoms in total. The number of hydrogen-bond acceptors (Lipinski definition) is 5. The fourth-order valence-corrected chi connectivity index (χ4v) is 2.70. The number of hydrogen-bond donors (Lipinski definition) is 1. The molecule has 1 atom stereocenters. The van der Waals surface area contributed by atoms with Crippen LogP contribution in [0.1, 0.15) is 30.6 Å². The van der Waals surface area contributed by atoms with Crippen LogP contribution in [-0.2, 0) is 0 Å². The van der Waals surface area contributed by atoms with Crippen molar-refractivity contribution in [2.24, 2.45) is 0 Å². The molecular weight excluding hydrogens is 244 g/mol. The van der Waals surface area contributed by atoms with E-state index < -0.39 is 5.97 Å². The van der Waals surface area contributed by atoms with Gasteiger partial charge in [0.15, 0.2) is 5.82 Å². The van der Waals surface area contributed by atoms with Gasteiger partial charge in [0, 0.05) is 19.1 Å². The van der Waals surface area contributed by atoms with E-state index in [1.165, 1.54) is 12.3 Å². The number of anilines is 1. The average molecular weight is 264 g/mol. The Bertz CT molecular complexity index is 448. The fraction of sp³-hybridized carbons (Fsp3) is 0.615. The molecule has 1 unspecified atom stereocenters. The molecule has 0 aromatic carbocycles. The summed E-state index contributed by atoms with van der Waals surface area (Å²) in [5, 5.41) is 17.0. The Kier molecular flexibility index (Phi) is 4.31.